The highest BCUT2D eigenvalue weighted by atomic mass is 16.5. The molecular weight excluding hydrogens is 793 g/mol. The number of rotatable bonds is 36. The molecule has 0 aliphatic carbocycles. The van der Waals surface area contributed by atoms with Gasteiger partial charge in [-0.05, 0) is 130 Å². The maximum Gasteiger partial charge on any atom is 0.161 e. The number of unbranched alkanes of at least 4 members (excludes halogenated alkanes) is 18. The molecule has 0 atom stereocenters. The first-order valence-corrected chi connectivity index (χ1v) is 26.3. The van der Waals surface area contributed by atoms with Crippen LogP contribution in [-0.2, 0) is 0 Å². The third-order valence-electron chi connectivity index (χ3n) is 12.6. The zero-order chi connectivity index (χ0) is 45.2. The number of hydrogen-bond donors (Lipinski definition) is 0. The van der Waals surface area contributed by atoms with E-state index in [4.69, 9.17) is 28.4 Å². The number of hydrogen-bond acceptors (Lipinski definition) is 6. The summed E-state index contributed by atoms with van der Waals surface area (Å²) in [5.74, 6) is 4.94. The van der Waals surface area contributed by atoms with Crippen LogP contribution in [-0.4, -0.2) is 39.6 Å². The summed E-state index contributed by atoms with van der Waals surface area (Å²) in [6.07, 6.45) is 27.7. The topological polar surface area (TPSA) is 55.4 Å². The molecule has 5 aromatic carbocycles. The van der Waals surface area contributed by atoms with E-state index in [1.54, 1.807) is 0 Å². The van der Waals surface area contributed by atoms with Gasteiger partial charge in [0.2, 0.25) is 0 Å². The van der Waals surface area contributed by atoms with Crippen molar-refractivity contribution >= 4 is 43.1 Å². The van der Waals surface area contributed by atoms with Crippen LogP contribution in [0.25, 0.3) is 43.1 Å². The summed E-state index contributed by atoms with van der Waals surface area (Å²) in [6, 6.07) is 18.2. The highest BCUT2D eigenvalue weighted by molar-refractivity contribution is 6.28. The highest BCUT2D eigenvalue weighted by Gasteiger charge is 2.20. The molecule has 354 valence electrons. The lowest BCUT2D eigenvalue weighted by molar-refractivity contribution is 0.259. The molecular formula is C58H86O6. The van der Waals surface area contributed by atoms with E-state index in [1.165, 1.54) is 101 Å². The molecule has 6 nitrogen and oxygen atoms in total. The Morgan fingerprint density at radius 2 is 0.406 bits per heavy atom. The summed E-state index contributed by atoms with van der Waals surface area (Å²) in [5.41, 5.74) is 0. The van der Waals surface area contributed by atoms with Gasteiger partial charge in [0.25, 0.3) is 0 Å². The Kier molecular flexibility index (Phi) is 23.5. The maximum atomic E-state index is 6.68. The van der Waals surface area contributed by atoms with E-state index < -0.39 is 0 Å². The van der Waals surface area contributed by atoms with Crippen molar-refractivity contribution in [2.75, 3.05) is 39.6 Å². The molecule has 0 aliphatic heterocycles. The van der Waals surface area contributed by atoms with Crippen LogP contribution in [0.1, 0.15) is 196 Å². The van der Waals surface area contributed by atoms with E-state index in [0.29, 0.717) is 39.6 Å². The Labute approximate surface area is 388 Å². The molecule has 5 rings (SSSR count). The van der Waals surface area contributed by atoms with Gasteiger partial charge in [0.15, 0.2) is 34.5 Å². The summed E-state index contributed by atoms with van der Waals surface area (Å²) >= 11 is 0. The highest BCUT2D eigenvalue weighted by Crippen LogP contribution is 2.46. The quantitative estimate of drug-likeness (QED) is 0.0227. The van der Waals surface area contributed by atoms with Crippen molar-refractivity contribution in [2.24, 2.45) is 0 Å². The molecule has 0 unspecified atom stereocenters. The van der Waals surface area contributed by atoms with Gasteiger partial charge in [-0.2, -0.15) is 0 Å². The molecule has 6 heteroatoms. The summed E-state index contributed by atoms with van der Waals surface area (Å²) in [4.78, 5) is 0. The van der Waals surface area contributed by atoms with Crippen molar-refractivity contribution in [2.45, 2.75) is 196 Å². The van der Waals surface area contributed by atoms with Gasteiger partial charge in [0, 0.05) is 0 Å². The molecule has 0 radical (unpaired) electrons. The van der Waals surface area contributed by atoms with Crippen LogP contribution >= 0.6 is 0 Å². The summed E-state index contributed by atoms with van der Waals surface area (Å²) in [7, 11) is 0. The van der Waals surface area contributed by atoms with Crippen LogP contribution < -0.4 is 28.4 Å². The lowest BCUT2D eigenvalue weighted by Crippen LogP contribution is -2.04. The molecule has 0 saturated heterocycles. The van der Waals surface area contributed by atoms with Crippen LogP contribution in [0.5, 0.6) is 34.5 Å². The van der Waals surface area contributed by atoms with Crippen molar-refractivity contribution in [3.8, 4) is 34.5 Å². The maximum absolute atomic E-state index is 6.68. The van der Waals surface area contributed by atoms with E-state index in [0.717, 1.165) is 131 Å². The van der Waals surface area contributed by atoms with Gasteiger partial charge in [-0.15, -0.1) is 0 Å². The summed E-state index contributed by atoms with van der Waals surface area (Å²) in [5, 5.41) is 9.16. The Morgan fingerprint density at radius 1 is 0.219 bits per heavy atom. The molecule has 0 amide bonds. The zero-order valence-electron chi connectivity index (χ0n) is 41.3. The molecule has 0 aromatic heterocycles. The lowest BCUT2D eigenvalue weighted by atomic mass is 9.91. The van der Waals surface area contributed by atoms with Gasteiger partial charge in [-0.1, -0.05) is 157 Å². The Hall–Kier alpha value is -4.06. The average Bonchev–Trinajstić information content (AvgIpc) is 3.30. The zero-order valence-corrected chi connectivity index (χ0v) is 41.3. The first kappa shape index (κ1) is 50.9. The van der Waals surface area contributed by atoms with E-state index in [1.807, 2.05) is 0 Å². The van der Waals surface area contributed by atoms with Crippen molar-refractivity contribution < 1.29 is 28.4 Å². The number of fused-ring (bicyclic) bond motifs is 7. The molecule has 0 bridgehead atoms. The SMILES string of the molecule is CCCCCCOc1cc2cc3c4cc(OCCCCCC)c(OCCCCCC)cc4c4cc(OCCCCCC)c(OCCCCCC)cc4c3cc2cc1OCCCCCC. The number of ether oxygens (including phenoxy) is 6. The van der Waals surface area contributed by atoms with Crippen molar-refractivity contribution in [3.63, 3.8) is 0 Å². The first-order valence-electron chi connectivity index (χ1n) is 26.3. The molecule has 0 saturated carbocycles. The van der Waals surface area contributed by atoms with Crippen molar-refractivity contribution in [1.82, 2.24) is 0 Å². The fraction of sp³-hybridized carbons (Fsp3) is 0.621. The largest absolute Gasteiger partial charge is 0.490 e. The Morgan fingerprint density at radius 3 is 0.609 bits per heavy atom. The van der Waals surface area contributed by atoms with Gasteiger partial charge >= 0.3 is 0 Å². The Balaban J connectivity index is 1.72. The van der Waals surface area contributed by atoms with Crippen LogP contribution in [0.15, 0.2) is 48.5 Å². The van der Waals surface area contributed by atoms with Gasteiger partial charge in [-0.25, -0.2) is 0 Å². The fourth-order valence-corrected chi connectivity index (χ4v) is 8.71. The van der Waals surface area contributed by atoms with E-state index in [-0.39, 0.29) is 0 Å². The van der Waals surface area contributed by atoms with E-state index in [2.05, 4.69) is 90.1 Å². The van der Waals surface area contributed by atoms with Crippen LogP contribution in [0, 0.1) is 0 Å². The molecule has 64 heavy (non-hydrogen) atoms. The van der Waals surface area contributed by atoms with Gasteiger partial charge in [-0.3, -0.25) is 0 Å². The molecule has 0 aliphatic rings. The molecule has 0 spiro atoms. The average molecular weight is 879 g/mol. The van der Waals surface area contributed by atoms with E-state index >= 15 is 0 Å². The van der Waals surface area contributed by atoms with Crippen molar-refractivity contribution in [1.29, 1.82) is 0 Å². The lowest BCUT2D eigenvalue weighted by Gasteiger charge is -2.20. The minimum Gasteiger partial charge on any atom is -0.490 e. The second kappa shape index (κ2) is 29.5. The second-order valence-corrected chi connectivity index (χ2v) is 18.2. The summed E-state index contributed by atoms with van der Waals surface area (Å²) in [6.45, 7) is 17.6. The third-order valence-corrected chi connectivity index (χ3v) is 12.6. The molecule has 0 N–H and O–H groups in total. The van der Waals surface area contributed by atoms with E-state index in [9.17, 15) is 0 Å². The van der Waals surface area contributed by atoms with Gasteiger partial charge in [0.05, 0.1) is 39.6 Å². The summed E-state index contributed by atoms with van der Waals surface area (Å²) < 4.78 is 39.8. The predicted octanol–water partition coefficient (Wildman–Crippen LogP) is 18.1. The minimum absolute atomic E-state index is 0.667. The molecule has 0 fully saturated rings. The normalized spacial score (nSPS) is 11.6. The standard InChI is InChI=1S/C58H86O6/c1-7-13-19-25-31-59-53-39-45-37-47-48(38-46(45)40-54(53)60-32-26-20-14-8-2)50-42-56(62-34-28-22-16-10-4)58(64-36-30-24-18-12-6)44-52(50)51-43-57(63-35-29-23-17-11-5)55(41-49(47)51)61-33-27-21-15-9-3/h37-44H,7-36H2,1-6H3. The molecule has 5 aromatic rings. The second-order valence-electron chi connectivity index (χ2n) is 18.2. The smallest absolute Gasteiger partial charge is 0.161 e. The van der Waals surface area contributed by atoms with Crippen LogP contribution in [0.4, 0.5) is 0 Å². The molecule has 0 heterocycles. The minimum atomic E-state index is 0.667. The monoisotopic (exact) mass is 879 g/mol. The van der Waals surface area contributed by atoms with Gasteiger partial charge < -0.3 is 28.4 Å². The Bertz CT molecular complexity index is 1940. The third kappa shape index (κ3) is 15.5. The predicted molar refractivity (Wildman–Crippen MR) is 274 cm³/mol. The van der Waals surface area contributed by atoms with Gasteiger partial charge in [0.1, 0.15) is 0 Å². The van der Waals surface area contributed by atoms with Crippen LogP contribution in [0.2, 0.25) is 0 Å². The first-order chi connectivity index (χ1) is 31.6. The number of benzene rings is 5. The van der Waals surface area contributed by atoms with Crippen LogP contribution in [0.3, 0.4) is 0 Å². The van der Waals surface area contributed by atoms with Crippen molar-refractivity contribution in [3.05, 3.63) is 48.5 Å². The fourth-order valence-electron chi connectivity index (χ4n) is 8.71.